The number of Topliss-reactive ketones (excluding diaryl/α,β-unsaturated/α-hetero) is 1. The second-order valence-electron chi connectivity index (χ2n) is 8.13. The minimum Gasteiger partial charge on any atom is -0.361 e. The van der Waals surface area contributed by atoms with E-state index in [1.165, 1.54) is 6.92 Å². The molecule has 0 aliphatic carbocycles. The molecule has 6 nitrogen and oxygen atoms in total. The Morgan fingerprint density at radius 1 is 1.16 bits per heavy atom. The summed E-state index contributed by atoms with van der Waals surface area (Å²) in [6.07, 6.45) is 1.87. The van der Waals surface area contributed by atoms with Crippen LogP contribution in [0.1, 0.15) is 32.0 Å². The van der Waals surface area contributed by atoms with Gasteiger partial charge in [-0.25, -0.2) is 0 Å². The van der Waals surface area contributed by atoms with Crippen molar-refractivity contribution in [3.8, 4) is 11.3 Å². The van der Waals surface area contributed by atoms with Gasteiger partial charge in [-0.1, -0.05) is 41.9 Å². The normalized spacial score (nSPS) is 11.9. The molecule has 0 aliphatic rings. The van der Waals surface area contributed by atoms with E-state index in [4.69, 9.17) is 21.4 Å². The highest BCUT2D eigenvalue weighted by atomic mass is 35.5. The summed E-state index contributed by atoms with van der Waals surface area (Å²) in [6, 6.07) is 15.9. The molecule has 0 radical (unpaired) electrons. The van der Waals surface area contributed by atoms with Gasteiger partial charge >= 0.3 is 0 Å². The summed E-state index contributed by atoms with van der Waals surface area (Å²) >= 11 is 6.42. The fraction of sp³-hybridized carbons (Fsp3) is 0.292. The van der Waals surface area contributed by atoms with Gasteiger partial charge in [-0.3, -0.25) is 14.2 Å². The van der Waals surface area contributed by atoms with Crippen molar-refractivity contribution in [1.82, 2.24) is 19.6 Å². The lowest BCUT2D eigenvalue weighted by Gasteiger charge is -2.21. The third-order valence-electron chi connectivity index (χ3n) is 5.61. The largest absolute Gasteiger partial charge is 0.361 e. The number of carbonyl (C=O) groups excluding carboxylic acids is 1. The zero-order valence-electron chi connectivity index (χ0n) is 18.1. The van der Waals surface area contributed by atoms with Crippen molar-refractivity contribution in [2.24, 2.45) is 7.05 Å². The molecule has 7 heteroatoms. The van der Waals surface area contributed by atoms with E-state index < -0.39 is 5.60 Å². The van der Waals surface area contributed by atoms with Crippen molar-refractivity contribution in [3.05, 3.63) is 71.0 Å². The lowest BCUT2D eigenvalue weighted by atomic mass is 10.1. The number of fused-ring (bicyclic) bond motifs is 1. The van der Waals surface area contributed by atoms with Crippen molar-refractivity contribution in [3.63, 3.8) is 0 Å². The molecule has 2 aromatic carbocycles. The Morgan fingerprint density at radius 2 is 1.94 bits per heavy atom. The zero-order valence-corrected chi connectivity index (χ0v) is 18.8. The fourth-order valence-electron chi connectivity index (χ4n) is 3.42. The van der Waals surface area contributed by atoms with Gasteiger partial charge in [0.1, 0.15) is 5.60 Å². The highest BCUT2D eigenvalue weighted by Gasteiger charge is 2.25. The summed E-state index contributed by atoms with van der Waals surface area (Å²) in [5, 5.41) is 10.9. The van der Waals surface area contributed by atoms with Gasteiger partial charge in [0.25, 0.3) is 0 Å². The first kappa shape index (κ1) is 21.3. The Bertz CT molecular complexity index is 1260. The van der Waals surface area contributed by atoms with Crippen LogP contribution in [-0.4, -0.2) is 30.9 Å². The molecule has 160 valence electrons. The zero-order chi connectivity index (χ0) is 22.2. The van der Waals surface area contributed by atoms with Crippen LogP contribution in [0.5, 0.6) is 0 Å². The topological polar surface area (TPSA) is 61.9 Å². The number of rotatable bonds is 7. The van der Waals surface area contributed by atoms with Gasteiger partial charge in [0, 0.05) is 23.0 Å². The first-order valence-electron chi connectivity index (χ1n) is 10.1. The maximum atomic E-state index is 11.8. The minimum absolute atomic E-state index is 0.0247. The summed E-state index contributed by atoms with van der Waals surface area (Å²) in [5.74, 6) is -0.0247. The van der Waals surface area contributed by atoms with E-state index >= 15 is 0 Å². The van der Waals surface area contributed by atoms with Crippen LogP contribution in [0, 0.1) is 0 Å². The third kappa shape index (κ3) is 4.27. The lowest BCUT2D eigenvalue weighted by Crippen LogP contribution is -2.32. The van der Waals surface area contributed by atoms with Crippen LogP contribution in [-0.2, 0) is 29.7 Å². The quantitative estimate of drug-likeness (QED) is 0.408. The third-order valence-corrected chi connectivity index (χ3v) is 5.97. The van der Waals surface area contributed by atoms with Gasteiger partial charge in [0.15, 0.2) is 5.78 Å². The van der Waals surface area contributed by atoms with E-state index in [0.717, 1.165) is 33.4 Å². The molecule has 4 rings (SSSR count). The highest BCUT2D eigenvalue weighted by Crippen LogP contribution is 2.30. The monoisotopic (exact) mass is 436 g/mol. The minimum atomic E-state index is -0.865. The number of aromatic nitrogens is 4. The molecule has 2 heterocycles. The number of ether oxygens (including phenoxy) is 1. The van der Waals surface area contributed by atoms with Gasteiger partial charge in [0.2, 0.25) is 0 Å². The Kier molecular flexibility index (Phi) is 5.69. The second kappa shape index (κ2) is 8.29. The molecule has 0 saturated carbocycles. The predicted octanol–water partition coefficient (Wildman–Crippen LogP) is 5.02. The van der Waals surface area contributed by atoms with Crippen LogP contribution in [0.3, 0.4) is 0 Å². The summed E-state index contributed by atoms with van der Waals surface area (Å²) in [4.78, 5) is 11.8. The highest BCUT2D eigenvalue weighted by molar-refractivity contribution is 6.31. The number of halogens is 1. The van der Waals surface area contributed by atoms with Crippen molar-refractivity contribution in [2.75, 3.05) is 0 Å². The summed E-state index contributed by atoms with van der Waals surface area (Å²) in [6.45, 7) is 5.82. The number of nitrogens with zero attached hydrogens (tertiary/aromatic N) is 4. The van der Waals surface area contributed by atoms with Crippen LogP contribution in [0.25, 0.3) is 22.2 Å². The standard InChI is InChI=1S/C24H25ClN4O2/c1-16(30)24(2,3)31-15-18-12-23(19-9-7-11-22-20(19)13-26-28(22)4)29(27-18)14-17-8-5-6-10-21(17)25/h5-13H,14-15H2,1-4H3. The molecule has 4 aromatic rings. The average molecular weight is 437 g/mol. The lowest BCUT2D eigenvalue weighted by molar-refractivity contribution is -0.139. The molecule has 31 heavy (non-hydrogen) atoms. The molecule has 0 N–H and O–H groups in total. The van der Waals surface area contributed by atoms with Gasteiger partial charge in [-0.05, 0) is 44.5 Å². The first-order valence-corrected chi connectivity index (χ1v) is 10.5. The van der Waals surface area contributed by atoms with E-state index in [-0.39, 0.29) is 12.4 Å². The smallest absolute Gasteiger partial charge is 0.161 e. The van der Waals surface area contributed by atoms with Crippen LogP contribution in [0.2, 0.25) is 5.02 Å². The molecule has 2 aromatic heterocycles. The molecule has 0 bridgehead atoms. The summed E-state index contributed by atoms with van der Waals surface area (Å²) in [5.41, 5.74) is 3.87. The Labute approximate surface area is 186 Å². The van der Waals surface area contributed by atoms with Crippen molar-refractivity contribution < 1.29 is 9.53 Å². The SMILES string of the molecule is CC(=O)C(C)(C)OCc1cc(-c2cccc3c2cnn3C)n(Cc2ccccc2Cl)n1. The molecular formula is C24H25ClN4O2. The molecule has 0 spiro atoms. The molecule has 0 amide bonds. The predicted molar refractivity (Wildman–Crippen MR) is 122 cm³/mol. The van der Waals surface area contributed by atoms with Crippen LogP contribution in [0.15, 0.2) is 54.7 Å². The number of aryl methyl sites for hydroxylation is 1. The molecule has 0 fully saturated rings. The van der Waals surface area contributed by atoms with Crippen LogP contribution >= 0.6 is 11.6 Å². The fourth-order valence-corrected chi connectivity index (χ4v) is 3.62. The number of carbonyl (C=O) groups is 1. The second-order valence-corrected chi connectivity index (χ2v) is 8.54. The Balaban J connectivity index is 1.77. The molecule has 0 aliphatic heterocycles. The van der Waals surface area contributed by atoms with Crippen molar-refractivity contribution in [1.29, 1.82) is 0 Å². The van der Waals surface area contributed by atoms with E-state index in [9.17, 15) is 4.79 Å². The number of ketones is 1. The van der Waals surface area contributed by atoms with E-state index in [1.54, 1.807) is 13.8 Å². The van der Waals surface area contributed by atoms with Gasteiger partial charge in [-0.15, -0.1) is 0 Å². The maximum Gasteiger partial charge on any atom is 0.161 e. The summed E-state index contributed by atoms with van der Waals surface area (Å²) < 4.78 is 9.67. The maximum absolute atomic E-state index is 11.8. The van der Waals surface area contributed by atoms with Crippen LogP contribution in [0.4, 0.5) is 0 Å². The molecule has 0 atom stereocenters. The van der Waals surface area contributed by atoms with E-state index in [0.29, 0.717) is 11.6 Å². The number of benzene rings is 2. The summed E-state index contributed by atoms with van der Waals surface area (Å²) in [7, 11) is 1.93. The van der Waals surface area contributed by atoms with Gasteiger partial charge < -0.3 is 4.74 Å². The van der Waals surface area contributed by atoms with E-state index in [2.05, 4.69) is 11.2 Å². The van der Waals surface area contributed by atoms with Crippen LogP contribution < -0.4 is 0 Å². The molecule has 0 unspecified atom stereocenters. The van der Waals surface area contributed by atoms with Gasteiger partial charge in [0.05, 0.1) is 36.3 Å². The molecular weight excluding hydrogens is 412 g/mol. The number of hydrogen-bond acceptors (Lipinski definition) is 4. The molecule has 0 saturated heterocycles. The van der Waals surface area contributed by atoms with Crippen molar-refractivity contribution in [2.45, 2.75) is 39.5 Å². The first-order chi connectivity index (χ1) is 14.8. The van der Waals surface area contributed by atoms with Crippen molar-refractivity contribution >= 4 is 28.3 Å². The average Bonchev–Trinajstić information content (AvgIpc) is 3.32. The Hall–Kier alpha value is -2.96. The van der Waals surface area contributed by atoms with E-state index in [1.807, 2.05) is 65.1 Å². The Morgan fingerprint density at radius 3 is 2.68 bits per heavy atom. The number of hydrogen-bond donors (Lipinski definition) is 0. The van der Waals surface area contributed by atoms with Gasteiger partial charge in [-0.2, -0.15) is 10.2 Å².